The number of methoxy groups -OCH3 is 1. The first-order valence-corrected chi connectivity index (χ1v) is 8.44. The van der Waals surface area contributed by atoms with Crippen LogP contribution in [0.3, 0.4) is 0 Å². The van der Waals surface area contributed by atoms with E-state index < -0.39 is 0 Å². The third-order valence-electron chi connectivity index (χ3n) is 3.38. The third-order valence-corrected chi connectivity index (χ3v) is 3.38. The lowest BCUT2D eigenvalue weighted by atomic mass is 10.2. The van der Waals surface area contributed by atoms with Gasteiger partial charge in [-0.05, 0) is 36.8 Å². The van der Waals surface area contributed by atoms with Gasteiger partial charge in [0.05, 0.1) is 25.4 Å². The van der Waals surface area contributed by atoms with E-state index in [4.69, 9.17) is 9.47 Å². The third kappa shape index (κ3) is 7.22. The van der Waals surface area contributed by atoms with Crippen LogP contribution in [0.5, 0.6) is 5.75 Å². The Labute approximate surface area is 149 Å². The fourth-order valence-electron chi connectivity index (χ4n) is 2.17. The molecule has 0 aliphatic rings. The van der Waals surface area contributed by atoms with Crippen molar-refractivity contribution in [3.05, 3.63) is 59.9 Å². The molecule has 2 N–H and O–H groups in total. The van der Waals surface area contributed by atoms with Crippen molar-refractivity contribution in [2.45, 2.75) is 20.0 Å². The number of rotatable bonds is 9. The maximum absolute atomic E-state index is 5.63. The number of nitrogens with zero attached hydrogens (tertiary/aromatic N) is 2. The highest BCUT2D eigenvalue weighted by molar-refractivity contribution is 5.79. The number of aliphatic imine (C=N–C) groups is 1. The molecule has 6 nitrogen and oxygen atoms in total. The summed E-state index contributed by atoms with van der Waals surface area (Å²) in [5.74, 6) is 1.59. The first-order chi connectivity index (χ1) is 12.3. The van der Waals surface area contributed by atoms with Gasteiger partial charge in [0.2, 0.25) is 0 Å². The molecule has 0 aliphatic carbocycles. The van der Waals surface area contributed by atoms with Gasteiger partial charge in [-0.2, -0.15) is 0 Å². The average molecular weight is 342 g/mol. The Morgan fingerprint density at radius 2 is 2.04 bits per heavy atom. The lowest BCUT2D eigenvalue weighted by Crippen LogP contribution is -2.36. The van der Waals surface area contributed by atoms with Crippen LogP contribution in [-0.2, 0) is 17.8 Å². The lowest BCUT2D eigenvalue weighted by molar-refractivity contribution is 0.146. The van der Waals surface area contributed by atoms with Gasteiger partial charge in [0, 0.05) is 19.9 Å². The quantitative estimate of drug-likeness (QED) is 0.416. The second kappa shape index (κ2) is 11.0. The molecule has 0 atom stereocenters. The molecule has 0 saturated heterocycles. The highest BCUT2D eigenvalue weighted by Gasteiger charge is 2.00. The Morgan fingerprint density at radius 3 is 2.80 bits per heavy atom. The summed E-state index contributed by atoms with van der Waals surface area (Å²) in [6.07, 6.45) is 1.79. The normalized spacial score (nSPS) is 11.2. The number of hydrogen-bond donors (Lipinski definition) is 2. The summed E-state index contributed by atoms with van der Waals surface area (Å²) in [5, 5.41) is 6.54. The lowest BCUT2D eigenvalue weighted by Gasteiger charge is -2.11. The summed E-state index contributed by atoms with van der Waals surface area (Å²) >= 11 is 0. The fraction of sp³-hybridized carbons (Fsp3) is 0.368. The Bertz CT molecular complexity index is 647. The molecule has 0 fully saturated rings. The summed E-state index contributed by atoms with van der Waals surface area (Å²) in [6, 6.07) is 13.8. The van der Waals surface area contributed by atoms with Gasteiger partial charge >= 0.3 is 0 Å². The van der Waals surface area contributed by atoms with Gasteiger partial charge in [0.1, 0.15) is 12.4 Å². The number of benzene rings is 1. The van der Waals surface area contributed by atoms with Crippen molar-refractivity contribution < 1.29 is 9.47 Å². The minimum atomic E-state index is 0.539. The van der Waals surface area contributed by atoms with Crippen molar-refractivity contribution in [1.82, 2.24) is 15.6 Å². The Balaban J connectivity index is 1.92. The number of guanidine groups is 1. The molecule has 1 heterocycles. The van der Waals surface area contributed by atoms with E-state index in [0.717, 1.165) is 29.5 Å². The molecule has 0 amide bonds. The minimum Gasteiger partial charge on any atom is -0.491 e. The van der Waals surface area contributed by atoms with E-state index in [9.17, 15) is 0 Å². The van der Waals surface area contributed by atoms with E-state index in [1.165, 1.54) is 0 Å². The van der Waals surface area contributed by atoms with Crippen molar-refractivity contribution in [1.29, 1.82) is 0 Å². The van der Waals surface area contributed by atoms with Gasteiger partial charge in [0.15, 0.2) is 5.96 Å². The van der Waals surface area contributed by atoms with Gasteiger partial charge < -0.3 is 20.1 Å². The molecule has 0 aliphatic heterocycles. The van der Waals surface area contributed by atoms with E-state index in [2.05, 4.69) is 20.6 Å². The Morgan fingerprint density at radius 1 is 1.12 bits per heavy atom. The molecule has 6 heteroatoms. The molecule has 0 saturated carbocycles. The highest BCUT2D eigenvalue weighted by Crippen LogP contribution is 2.14. The van der Waals surface area contributed by atoms with Gasteiger partial charge in [-0.25, -0.2) is 4.99 Å². The number of ether oxygens (including phenoxy) is 2. The average Bonchev–Trinajstić information content (AvgIpc) is 2.65. The van der Waals surface area contributed by atoms with Crippen LogP contribution in [0, 0.1) is 0 Å². The summed E-state index contributed by atoms with van der Waals surface area (Å²) in [5.41, 5.74) is 2.06. The molecule has 2 rings (SSSR count). The Hall–Kier alpha value is -2.60. The fourth-order valence-corrected chi connectivity index (χ4v) is 2.17. The van der Waals surface area contributed by atoms with Crippen LogP contribution in [0.4, 0.5) is 0 Å². The van der Waals surface area contributed by atoms with Crippen LogP contribution in [0.2, 0.25) is 0 Å². The van der Waals surface area contributed by atoms with E-state index in [0.29, 0.717) is 26.3 Å². The second-order valence-corrected chi connectivity index (χ2v) is 5.36. The van der Waals surface area contributed by atoms with E-state index in [1.807, 2.05) is 49.4 Å². The standard InChI is InChI=1S/C19H26N4O2/c1-3-20-19(23-15-17-8-4-5-10-21-17)22-14-16-7-6-9-18(13-16)25-12-11-24-2/h4-10,13H,3,11-12,14-15H2,1-2H3,(H2,20,22,23). The second-order valence-electron chi connectivity index (χ2n) is 5.36. The Kier molecular flexibility index (Phi) is 8.27. The van der Waals surface area contributed by atoms with Crippen molar-refractivity contribution in [2.75, 3.05) is 26.9 Å². The van der Waals surface area contributed by atoms with Gasteiger partial charge in [0.25, 0.3) is 0 Å². The smallest absolute Gasteiger partial charge is 0.191 e. The molecular weight excluding hydrogens is 316 g/mol. The summed E-state index contributed by atoms with van der Waals surface area (Å²) in [4.78, 5) is 8.93. The molecule has 0 bridgehead atoms. The van der Waals surface area contributed by atoms with Gasteiger partial charge in [-0.3, -0.25) is 4.98 Å². The number of aromatic nitrogens is 1. The van der Waals surface area contributed by atoms with Crippen LogP contribution in [0.1, 0.15) is 18.2 Å². The summed E-state index contributed by atoms with van der Waals surface area (Å²) in [6.45, 7) is 5.16. The van der Waals surface area contributed by atoms with E-state index >= 15 is 0 Å². The molecule has 25 heavy (non-hydrogen) atoms. The highest BCUT2D eigenvalue weighted by atomic mass is 16.5. The zero-order chi connectivity index (χ0) is 17.7. The molecule has 1 aromatic carbocycles. The predicted octanol–water partition coefficient (Wildman–Crippen LogP) is 2.36. The van der Waals surface area contributed by atoms with Crippen molar-refractivity contribution in [3.63, 3.8) is 0 Å². The molecule has 1 aromatic heterocycles. The molecule has 0 radical (unpaired) electrons. The van der Waals surface area contributed by atoms with Crippen molar-refractivity contribution in [3.8, 4) is 5.75 Å². The summed E-state index contributed by atoms with van der Waals surface area (Å²) in [7, 11) is 1.66. The van der Waals surface area contributed by atoms with Crippen molar-refractivity contribution in [2.24, 2.45) is 4.99 Å². The van der Waals surface area contributed by atoms with Crippen LogP contribution in [0.15, 0.2) is 53.7 Å². The van der Waals surface area contributed by atoms with Crippen LogP contribution < -0.4 is 15.4 Å². The zero-order valence-electron chi connectivity index (χ0n) is 14.9. The maximum Gasteiger partial charge on any atom is 0.191 e. The molecule has 0 spiro atoms. The SMILES string of the molecule is CCNC(=NCc1cccc(OCCOC)c1)NCc1ccccn1. The largest absolute Gasteiger partial charge is 0.491 e. The van der Waals surface area contributed by atoms with E-state index in [-0.39, 0.29) is 0 Å². The molecule has 134 valence electrons. The molecule has 0 unspecified atom stereocenters. The van der Waals surface area contributed by atoms with E-state index in [1.54, 1.807) is 13.3 Å². The maximum atomic E-state index is 5.63. The monoisotopic (exact) mass is 342 g/mol. The first-order valence-electron chi connectivity index (χ1n) is 8.44. The number of nitrogens with one attached hydrogen (secondary N) is 2. The summed E-state index contributed by atoms with van der Waals surface area (Å²) < 4.78 is 10.6. The van der Waals surface area contributed by atoms with Crippen LogP contribution in [-0.4, -0.2) is 37.8 Å². The van der Waals surface area contributed by atoms with Gasteiger partial charge in [-0.15, -0.1) is 0 Å². The number of hydrogen-bond acceptors (Lipinski definition) is 4. The number of pyridine rings is 1. The van der Waals surface area contributed by atoms with Crippen LogP contribution >= 0.6 is 0 Å². The van der Waals surface area contributed by atoms with Crippen molar-refractivity contribution >= 4 is 5.96 Å². The molecular formula is C19H26N4O2. The topological polar surface area (TPSA) is 67.8 Å². The van der Waals surface area contributed by atoms with Gasteiger partial charge in [-0.1, -0.05) is 18.2 Å². The van der Waals surface area contributed by atoms with Crippen LogP contribution in [0.25, 0.3) is 0 Å². The minimum absolute atomic E-state index is 0.539. The predicted molar refractivity (Wildman–Crippen MR) is 99.7 cm³/mol. The first kappa shape index (κ1) is 18.7. The zero-order valence-corrected chi connectivity index (χ0v) is 14.9. The molecule has 2 aromatic rings.